The molecule has 0 saturated carbocycles. The van der Waals surface area contributed by atoms with E-state index in [9.17, 15) is 9.59 Å². The van der Waals surface area contributed by atoms with E-state index in [1.165, 1.54) is 0 Å². The van der Waals surface area contributed by atoms with Crippen LogP contribution >= 0.6 is 0 Å². The molecule has 0 aromatic heterocycles. The zero-order valence-electron chi connectivity index (χ0n) is 17.3. The fourth-order valence-electron chi connectivity index (χ4n) is 2.72. The maximum Gasteiger partial charge on any atom is 0.338 e. The first-order valence-corrected chi connectivity index (χ1v) is 9.97. The minimum atomic E-state index is -0.572. The first-order chi connectivity index (χ1) is 14.1. The first-order valence-electron chi connectivity index (χ1n) is 9.97. The molecule has 2 aromatic carbocycles. The molecule has 0 bridgehead atoms. The second-order valence-electron chi connectivity index (χ2n) is 6.41. The second kappa shape index (κ2) is 11.7. The molecule has 0 atom stereocenters. The van der Waals surface area contributed by atoms with Gasteiger partial charge in [-0.25, -0.2) is 4.79 Å². The fourth-order valence-corrected chi connectivity index (χ4v) is 2.72. The van der Waals surface area contributed by atoms with Crippen molar-refractivity contribution in [2.24, 2.45) is 0 Å². The molecule has 2 aromatic rings. The fraction of sp³-hybridized carbons (Fsp3) is 0.391. The summed E-state index contributed by atoms with van der Waals surface area (Å²) >= 11 is 0. The summed E-state index contributed by atoms with van der Waals surface area (Å²) in [6.45, 7) is 7.48. The van der Waals surface area contributed by atoms with E-state index in [4.69, 9.17) is 14.2 Å². The van der Waals surface area contributed by atoms with Crippen molar-refractivity contribution in [1.29, 1.82) is 0 Å². The number of nitrogens with zero attached hydrogens (tertiary/aromatic N) is 1. The highest BCUT2D eigenvalue weighted by Gasteiger charge is 2.17. The molecule has 0 aliphatic rings. The highest BCUT2D eigenvalue weighted by Crippen LogP contribution is 2.29. The van der Waals surface area contributed by atoms with Crippen LogP contribution in [0.3, 0.4) is 0 Å². The van der Waals surface area contributed by atoms with E-state index in [-0.39, 0.29) is 12.5 Å². The first kappa shape index (κ1) is 22.3. The molecular formula is C23H29NO5. The monoisotopic (exact) mass is 399 g/mol. The predicted molar refractivity (Wildman–Crippen MR) is 111 cm³/mol. The lowest BCUT2D eigenvalue weighted by Gasteiger charge is -2.21. The molecule has 156 valence electrons. The lowest BCUT2D eigenvalue weighted by molar-refractivity contribution is -0.134. The van der Waals surface area contributed by atoms with Crippen LogP contribution in [0.1, 0.15) is 43.1 Å². The number of carbonyl (C=O) groups is 2. The summed E-state index contributed by atoms with van der Waals surface area (Å²) in [4.78, 5) is 26.5. The Morgan fingerprint density at radius 1 is 0.931 bits per heavy atom. The van der Waals surface area contributed by atoms with Gasteiger partial charge in [-0.1, -0.05) is 37.3 Å². The molecule has 0 N–H and O–H groups in total. The summed E-state index contributed by atoms with van der Waals surface area (Å²) < 4.78 is 16.4. The van der Waals surface area contributed by atoms with E-state index >= 15 is 0 Å². The number of likely N-dealkylation sites (N-methyl/N-ethyl adjacent to an activating group) is 1. The van der Waals surface area contributed by atoms with E-state index in [2.05, 4.69) is 0 Å². The number of esters is 1. The normalized spacial score (nSPS) is 10.3. The zero-order chi connectivity index (χ0) is 21.1. The van der Waals surface area contributed by atoms with Crippen molar-refractivity contribution in [3.63, 3.8) is 0 Å². The molecule has 1 amide bonds. The van der Waals surface area contributed by atoms with Crippen molar-refractivity contribution in [3.8, 4) is 11.5 Å². The topological polar surface area (TPSA) is 65.1 Å². The van der Waals surface area contributed by atoms with Crippen LogP contribution in [0.15, 0.2) is 48.5 Å². The van der Waals surface area contributed by atoms with Crippen LogP contribution in [0.2, 0.25) is 0 Å². The Bertz CT molecular complexity index is 791. The molecule has 0 aliphatic heterocycles. The molecule has 6 nitrogen and oxygen atoms in total. The number of hydrogen-bond acceptors (Lipinski definition) is 5. The van der Waals surface area contributed by atoms with Crippen LogP contribution in [0.25, 0.3) is 0 Å². The van der Waals surface area contributed by atoms with Crippen molar-refractivity contribution >= 4 is 11.9 Å². The molecule has 29 heavy (non-hydrogen) atoms. The van der Waals surface area contributed by atoms with Crippen molar-refractivity contribution in [1.82, 2.24) is 4.90 Å². The number of amides is 1. The Hall–Kier alpha value is -3.02. The smallest absolute Gasteiger partial charge is 0.338 e. The van der Waals surface area contributed by atoms with Gasteiger partial charge in [0.1, 0.15) is 0 Å². The highest BCUT2D eigenvalue weighted by molar-refractivity contribution is 5.92. The Morgan fingerprint density at radius 2 is 1.69 bits per heavy atom. The van der Waals surface area contributed by atoms with Gasteiger partial charge in [0.2, 0.25) is 0 Å². The number of rotatable bonds is 11. The molecule has 0 unspecified atom stereocenters. The third kappa shape index (κ3) is 6.82. The van der Waals surface area contributed by atoms with Crippen LogP contribution in [-0.2, 0) is 16.1 Å². The maximum absolute atomic E-state index is 12.5. The summed E-state index contributed by atoms with van der Waals surface area (Å²) in [7, 11) is 0. The van der Waals surface area contributed by atoms with Crippen LogP contribution in [0.5, 0.6) is 11.5 Å². The van der Waals surface area contributed by atoms with Crippen molar-refractivity contribution in [2.75, 3.05) is 26.4 Å². The number of carbonyl (C=O) groups excluding carboxylic acids is 2. The van der Waals surface area contributed by atoms with Gasteiger partial charge in [-0.2, -0.15) is 0 Å². The summed E-state index contributed by atoms with van der Waals surface area (Å²) in [5.74, 6) is 0.261. The summed E-state index contributed by atoms with van der Waals surface area (Å²) in [6, 6.07) is 14.6. The van der Waals surface area contributed by atoms with Crippen molar-refractivity contribution in [3.05, 3.63) is 59.7 Å². The molecule has 0 fully saturated rings. The van der Waals surface area contributed by atoms with Gasteiger partial charge in [-0.05, 0) is 44.0 Å². The number of ether oxygens (including phenoxy) is 3. The van der Waals surface area contributed by atoms with Gasteiger partial charge in [-0.3, -0.25) is 4.79 Å². The van der Waals surface area contributed by atoms with Gasteiger partial charge < -0.3 is 19.1 Å². The van der Waals surface area contributed by atoms with Crippen molar-refractivity contribution < 1.29 is 23.8 Å². The molecular weight excluding hydrogens is 370 g/mol. The van der Waals surface area contributed by atoms with Crippen LogP contribution in [0, 0.1) is 0 Å². The Balaban J connectivity index is 1.98. The minimum Gasteiger partial charge on any atom is -0.490 e. The Kier molecular flexibility index (Phi) is 9.02. The molecule has 6 heteroatoms. The molecule has 0 heterocycles. The lowest BCUT2D eigenvalue weighted by Crippen LogP contribution is -2.34. The van der Waals surface area contributed by atoms with E-state index < -0.39 is 5.97 Å². The summed E-state index contributed by atoms with van der Waals surface area (Å²) in [6.07, 6.45) is 0.869. The third-order valence-corrected chi connectivity index (χ3v) is 4.22. The van der Waals surface area contributed by atoms with Crippen LogP contribution in [0.4, 0.5) is 0 Å². The van der Waals surface area contributed by atoms with Gasteiger partial charge in [0.25, 0.3) is 5.91 Å². The lowest BCUT2D eigenvalue weighted by atomic mass is 10.2. The summed E-state index contributed by atoms with van der Waals surface area (Å²) in [5, 5.41) is 0. The Labute approximate surface area is 172 Å². The summed E-state index contributed by atoms with van der Waals surface area (Å²) in [5.41, 5.74) is 1.34. The van der Waals surface area contributed by atoms with Crippen LogP contribution < -0.4 is 9.47 Å². The predicted octanol–water partition coefficient (Wildman–Crippen LogP) is 4.08. The van der Waals surface area contributed by atoms with Crippen LogP contribution in [-0.4, -0.2) is 43.1 Å². The van der Waals surface area contributed by atoms with Crippen molar-refractivity contribution in [2.45, 2.75) is 33.7 Å². The minimum absolute atomic E-state index is 0.238. The highest BCUT2D eigenvalue weighted by atomic mass is 16.5. The standard InChI is InChI=1S/C23H29NO5/c1-4-14-28-20-13-12-19(15-21(20)27-6-3)23(26)29-17-22(25)24(5-2)16-18-10-8-7-9-11-18/h7-13,15H,4-6,14,16-17H2,1-3H3. The molecule has 0 radical (unpaired) electrons. The zero-order valence-corrected chi connectivity index (χ0v) is 17.3. The van der Waals surface area contributed by atoms with Gasteiger partial charge in [-0.15, -0.1) is 0 Å². The maximum atomic E-state index is 12.5. The van der Waals surface area contributed by atoms with E-state index in [1.54, 1.807) is 23.1 Å². The SMILES string of the molecule is CCCOc1ccc(C(=O)OCC(=O)N(CC)Cc2ccccc2)cc1OCC. The van der Waals surface area contributed by atoms with E-state index in [0.29, 0.717) is 43.4 Å². The van der Waals surface area contributed by atoms with Gasteiger partial charge in [0, 0.05) is 13.1 Å². The quantitative estimate of drug-likeness (QED) is 0.533. The van der Waals surface area contributed by atoms with Gasteiger partial charge >= 0.3 is 5.97 Å². The molecule has 0 aliphatic carbocycles. The number of hydrogen-bond donors (Lipinski definition) is 0. The Morgan fingerprint density at radius 3 is 2.34 bits per heavy atom. The molecule has 0 spiro atoms. The van der Waals surface area contributed by atoms with E-state index in [1.807, 2.05) is 51.1 Å². The second-order valence-corrected chi connectivity index (χ2v) is 6.41. The molecule has 0 saturated heterocycles. The third-order valence-electron chi connectivity index (χ3n) is 4.22. The van der Waals surface area contributed by atoms with Gasteiger partial charge in [0.05, 0.1) is 18.8 Å². The largest absolute Gasteiger partial charge is 0.490 e. The average Bonchev–Trinajstić information content (AvgIpc) is 2.75. The average molecular weight is 399 g/mol. The van der Waals surface area contributed by atoms with E-state index in [0.717, 1.165) is 12.0 Å². The van der Waals surface area contributed by atoms with Gasteiger partial charge in [0.15, 0.2) is 18.1 Å². The number of benzene rings is 2. The molecule has 2 rings (SSSR count).